The van der Waals surface area contributed by atoms with Gasteiger partial charge in [0.2, 0.25) is 59.3 Å². The number of aliphatic imine (C=N–C) groups is 1. The van der Waals surface area contributed by atoms with E-state index in [2.05, 4.69) is 101 Å². The minimum absolute atomic E-state index is 0.00328. The molecule has 9 aliphatic rings. The number of aromatic nitrogens is 15. The number of carbonyl (C=O) groups excluding carboxylic acids is 5. The summed E-state index contributed by atoms with van der Waals surface area (Å²) in [5.74, 6) is 5.83. The second kappa shape index (κ2) is 37.5. The van der Waals surface area contributed by atoms with Gasteiger partial charge in [-0.1, -0.05) is 80.1 Å². The summed E-state index contributed by atoms with van der Waals surface area (Å²) in [7, 11) is 0. The van der Waals surface area contributed by atoms with Crippen LogP contribution in [0.5, 0.6) is 0 Å². The molecule has 21 rings (SSSR count). The highest BCUT2D eigenvalue weighted by molar-refractivity contribution is 6.12. The van der Waals surface area contributed by atoms with Crippen molar-refractivity contribution < 1.29 is 28.4 Å². The van der Waals surface area contributed by atoms with Gasteiger partial charge in [-0.3, -0.25) is 78.4 Å². The SMILES string of the molecule is CC1=CC(CC(=O)Nc2nc3cc(C)cnc3n2C2CCC2)=NC1.Cc1cnc2c(c1)nc(NC(=O)CC1CC3CCC1C3)n2C1CCC1.Cc1cnc2c(c1)nc(NC(=O)CCC1CCCC1)n2C1CCC1.Cc1cnc2c(c1)nc(NC(=O)CCc1ccccc1)n2C1CCC1.Cc1cnc2c(c1)nc(NC(=O)Cc1ccc(F)cc1)n2C1CCC1. The molecule has 8 aliphatic carbocycles. The predicted molar refractivity (Wildman–Crippen MR) is 479 cm³/mol. The van der Waals surface area contributed by atoms with Crippen LogP contribution in [0.3, 0.4) is 0 Å². The molecule has 5 N–H and O–H groups in total. The van der Waals surface area contributed by atoms with E-state index in [9.17, 15) is 28.4 Å². The molecule has 2 bridgehead atoms. The number of allylic oxidation sites excluding steroid dienone is 1. The predicted octanol–water partition coefficient (Wildman–Crippen LogP) is 19.6. The van der Waals surface area contributed by atoms with Gasteiger partial charge in [0, 0.05) is 86.2 Å². The zero-order valence-corrected chi connectivity index (χ0v) is 71.7. The minimum atomic E-state index is -0.308. The molecule has 3 unspecified atom stereocenters. The molecule has 0 saturated heterocycles. The summed E-state index contributed by atoms with van der Waals surface area (Å²) in [5, 5.41) is 15.1. The number of benzene rings is 2. The summed E-state index contributed by atoms with van der Waals surface area (Å²) in [6.45, 7) is 12.8. The number of hydrogen-bond acceptors (Lipinski definition) is 16. The summed E-state index contributed by atoms with van der Waals surface area (Å²) in [6.07, 6.45) is 43.0. The zero-order chi connectivity index (χ0) is 84.8. The van der Waals surface area contributed by atoms with E-state index in [0.29, 0.717) is 91.7 Å². The lowest BCUT2D eigenvalue weighted by atomic mass is 9.86. The van der Waals surface area contributed by atoms with Crippen molar-refractivity contribution in [2.75, 3.05) is 33.1 Å². The molecule has 12 aromatic rings. The van der Waals surface area contributed by atoms with Crippen molar-refractivity contribution in [2.24, 2.45) is 28.7 Å². The van der Waals surface area contributed by atoms with Crippen molar-refractivity contribution >= 4 is 121 Å². The van der Waals surface area contributed by atoms with Crippen LogP contribution in [-0.4, -0.2) is 114 Å². The fraction of sp³-hybridized carbons (Fsp3) is 0.479. The number of amides is 5. The van der Waals surface area contributed by atoms with E-state index < -0.39 is 0 Å². The number of imidazole rings is 5. The molecule has 0 radical (unpaired) electrons. The molecular formula is C96H114FN21O5. The molecular weight excluding hydrogens is 1550 g/mol. The largest absolute Gasteiger partial charge is 0.296 e. The number of pyridine rings is 5. The molecule has 1 aliphatic heterocycles. The molecule has 640 valence electrons. The third kappa shape index (κ3) is 19.7. The van der Waals surface area contributed by atoms with E-state index in [4.69, 9.17) is 4.98 Å². The number of carbonyl (C=O) groups is 5. The van der Waals surface area contributed by atoms with Crippen LogP contribution < -0.4 is 26.6 Å². The fourth-order valence-corrected chi connectivity index (χ4v) is 18.8. The Kier molecular flexibility index (Phi) is 25.5. The second-order valence-electron chi connectivity index (χ2n) is 36.1. The topological polar surface area (TPSA) is 311 Å². The van der Waals surface area contributed by atoms with E-state index in [0.717, 1.165) is 190 Å². The second-order valence-corrected chi connectivity index (χ2v) is 36.1. The number of rotatable bonds is 22. The van der Waals surface area contributed by atoms with Crippen LogP contribution in [0.4, 0.5) is 34.1 Å². The van der Waals surface area contributed by atoms with Crippen molar-refractivity contribution in [3.63, 3.8) is 0 Å². The van der Waals surface area contributed by atoms with Gasteiger partial charge < -0.3 is 0 Å². The highest BCUT2D eigenvalue weighted by atomic mass is 19.1. The van der Waals surface area contributed by atoms with Crippen LogP contribution in [0.1, 0.15) is 256 Å². The first-order valence-electron chi connectivity index (χ1n) is 45.0. The van der Waals surface area contributed by atoms with Gasteiger partial charge in [-0.05, 0) is 281 Å². The van der Waals surface area contributed by atoms with E-state index in [1.807, 2.05) is 138 Å². The lowest BCUT2D eigenvalue weighted by molar-refractivity contribution is -0.118. The van der Waals surface area contributed by atoms with Gasteiger partial charge in [0.1, 0.15) is 33.4 Å². The van der Waals surface area contributed by atoms with Crippen molar-refractivity contribution in [2.45, 2.75) is 264 Å². The standard InChI is InChI=1S/C20H26N4O.C20H22N4O.C19H19FN4O.C19H26N4O.C18H21N5O/c1-12-7-17-19(21-11-12)24(16-3-2-4-16)20(22-17)23-18(25)10-15-9-13-5-6-14(15)8-13;1-14-12-17-19(21-13-14)24(16-8-5-9-16)20(22-17)23-18(25)11-10-15-6-3-2-4-7-15;1-12-9-16-18(21-11-12)24(15-3-2-4-15)19(22-16)23-17(25)10-13-5-7-14(20)8-6-13;1-13-11-16-18(20-12-13)23(15-7-4-8-15)19(21-16)22-17(24)10-9-14-5-2-3-6-14;1-11-6-13(19-9-11)8-16(24)22-18-21-15-7-12(2)10-20-17(15)23(18)14-4-3-5-14/h7,11,13-16H,2-6,8-10H2,1H3,(H,22,23,25);2-4,6-7,12-13,16H,5,8-11H2,1H3,(H,22,23,25);5-9,11,15H,2-4,10H2,1H3,(H,22,23,25);11-12,14-15H,2-10H2,1H3,(H,21,22,24);6-7,10,14H,3-5,8-9H2,1-2H3,(H,21,22,24). The first kappa shape index (κ1) is 83.5. The maximum atomic E-state index is 13.0. The average Bonchev–Trinajstić information content (AvgIpc) is 1.66. The lowest BCUT2D eigenvalue weighted by Crippen LogP contribution is -2.24. The molecule has 11 heterocycles. The van der Waals surface area contributed by atoms with E-state index in [1.54, 1.807) is 12.1 Å². The van der Waals surface area contributed by atoms with Crippen LogP contribution in [0, 0.1) is 64.1 Å². The summed E-state index contributed by atoms with van der Waals surface area (Å²) in [5.41, 5.74) is 18.0. The van der Waals surface area contributed by atoms with E-state index in [-0.39, 0.29) is 48.2 Å². The number of aryl methyl sites for hydroxylation is 6. The van der Waals surface area contributed by atoms with Crippen LogP contribution in [-0.2, 0) is 36.8 Å². The number of nitrogens with one attached hydrogen (secondary N) is 5. The Hall–Kier alpha value is -11.8. The Bertz CT molecular complexity index is 5930. The van der Waals surface area contributed by atoms with Gasteiger partial charge in [-0.15, -0.1) is 0 Å². The Morgan fingerprint density at radius 3 is 1.11 bits per heavy atom. The van der Waals surface area contributed by atoms with E-state index >= 15 is 0 Å². The molecule has 8 fully saturated rings. The first-order chi connectivity index (χ1) is 59.8. The zero-order valence-electron chi connectivity index (χ0n) is 71.7. The number of hydrogen-bond donors (Lipinski definition) is 5. The number of fused-ring (bicyclic) bond motifs is 7. The summed E-state index contributed by atoms with van der Waals surface area (Å²) < 4.78 is 23.5. The summed E-state index contributed by atoms with van der Waals surface area (Å²) in [4.78, 5) is 113. The van der Waals surface area contributed by atoms with Crippen molar-refractivity contribution in [3.05, 3.63) is 172 Å². The molecule has 27 heteroatoms. The maximum Gasteiger partial charge on any atom is 0.232 e. The molecule has 2 aromatic carbocycles. The van der Waals surface area contributed by atoms with Crippen LogP contribution in [0.25, 0.3) is 55.8 Å². The number of nitrogens with zero attached hydrogens (tertiary/aromatic N) is 16. The Morgan fingerprint density at radius 1 is 0.390 bits per heavy atom. The first-order valence-corrected chi connectivity index (χ1v) is 45.0. The van der Waals surface area contributed by atoms with Crippen LogP contribution in [0.2, 0.25) is 0 Å². The normalized spacial score (nSPS) is 18.8. The molecule has 123 heavy (non-hydrogen) atoms. The molecule has 26 nitrogen and oxygen atoms in total. The van der Waals surface area contributed by atoms with Gasteiger partial charge in [0.15, 0.2) is 28.2 Å². The molecule has 5 amide bonds. The Labute approximate surface area is 716 Å². The van der Waals surface area contributed by atoms with Crippen molar-refractivity contribution in [1.82, 2.24) is 72.7 Å². The maximum absolute atomic E-state index is 13.0. The third-order valence-corrected chi connectivity index (χ3v) is 26.4. The van der Waals surface area contributed by atoms with Gasteiger partial charge >= 0.3 is 0 Å². The smallest absolute Gasteiger partial charge is 0.232 e. The molecule has 3 atom stereocenters. The Morgan fingerprint density at radius 2 is 0.764 bits per heavy atom. The van der Waals surface area contributed by atoms with Crippen LogP contribution >= 0.6 is 0 Å². The van der Waals surface area contributed by atoms with Crippen LogP contribution in [0.15, 0.2) is 133 Å². The lowest BCUT2D eigenvalue weighted by Gasteiger charge is -2.28. The van der Waals surface area contributed by atoms with Gasteiger partial charge in [-0.25, -0.2) is 54.2 Å². The monoisotopic (exact) mass is 1660 g/mol. The van der Waals surface area contributed by atoms with Crippen molar-refractivity contribution in [3.8, 4) is 0 Å². The number of halogens is 1. The Balaban J connectivity index is 0.000000109. The highest BCUT2D eigenvalue weighted by Crippen LogP contribution is 2.50. The van der Waals surface area contributed by atoms with Crippen molar-refractivity contribution in [1.29, 1.82) is 0 Å². The van der Waals surface area contributed by atoms with Gasteiger partial charge in [0.25, 0.3) is 0 Å². The van der Waals surface area contributed by atoms with E-state index in [1.165, 1.54) is 107 Å². The van der Waals surface area contributed by atoms with Gasteiger partial charge in [-0.2, -0.15) is 0 Å². The third-order valence-electron chi connectivity index (χ3n) is 26.4. The molecule has 10 aromatic heterocycles. The molecule has 8 saturated carbocycles. The summed E-state index contributed by atoms with van der Waals surface area (Å²) >= 11 is 0. The number of anilines is 5. The van der Waals surface area contributed by atoms with Gasteiger partial charge in [0.05, 0.1) is 19.4 Å². The molecule has 0 spiro atoms. The quantitative estimate of drug-likeness (QED) is 0.0421. The average molecular weight is 1660 g/mol. The summed E-state index contributed by atoms with van der Waals surface area (Å²) in [6, 6.07) is 28.1. The highest BCUT2D eigenvalue weighted by Gasteiger charge is 2.41. The fourth-order valence-electron chi connectivity index (χ4n) is 18.8. The minimum Gasteiger partial charge on any atom is -0.296 e.